The molecule has 0 unspecified atom stereocenters. The summed E-state index contributed by atoms with van der Waals surface area (Å²) in [7, 11) is 0. The van der Waals surface area contributed by atoms with Crippen molar-refractivity contribution in [3.8, 4) is 22.8 Å². The van der Waals surface area contributed by atoms with Gasteiger partial charge in [-0.3, -0.25) is 9.48 Å². The second-order valence-electron chi connectivity index (χ2n) is 8.37. The molecule has 5 rings (SSSR count). The first kappa shape index (κ1) is 23.4. The molecule has 36 heavy (non-hydrogen) atoms. The number of hydrogen-bond acceptors (Lipinski definition) is 5. The smallest absolute Gasteiger partial charge is 0.354 e. The third-order valence-corrected chi connectivity index (χ3v) is 6.27. The molecule has 9 heteroatoms. The van der Waals surface area contributed by atoms with Gasteiger partial charge < -0.3 is 19.7 Å². The molecule has 0 saturated heterocycles. The summed E-state index contributed by atoms with van der Waals surface area (Å²) in [5, 5.41) is 24.4. The predicted octanol–water partition coefficient (Wildman–Crippen LogP) is 4.90. The second kappa shape index (κ2) is 9.75. The van der Waals surface area contributed by atoms with Crippen molar-refractivity contribution in [3.63, 3.8) is 0 Å². The van der Waals surface area contributed by atoms with Gasteiger partial charge in [0.1, 0.15) is 0 Å². The number of rotatable bonds is 8. The van der Waals surface area contributed by atoms with Crippen LogP contribution in [0.5, 0.6) is 11.5 Å². The normalized spacial score (nSPS) is 12.0. The maximum Gasteiger partial charge on any atom is 0.354 e. The van der Waals surface area contributed by atoms with Crippen LogP contribution < -0.4 is 9.47 Å². The van der Waals surface area contributed by atoms with Gasteiger partial charge in [-0.05, 0) is 22.8 Å². The van der Waals surface area contributed by atoms with E-state index in [1.54, 1.807) is 36.4 Å². The summed E-state index contributed by atoms with van der Waals surface area (Å²) in [6.07, 6.45) is 0.139. The number of aromatic carboxylic acids is 1. The maximum atomic E-state index is 12.5. The Bertz CT molecular complexity index is 1450. The highest BCUT2D eigenvalue weighted by atomic mass is 35.5. The third-order valence-electron chi connectivity index (χ3n) is 5.92. The van der Waals surface area contributed by atoms with Crippen molar-refractivity contribution in [2.24, 2.45) is 0 Å². The lowest BCUT2D eigenvalue weighted by Crippen LogP contribution is -2.13. The minimum absolute atomic E-state index is 0.0530. The molecular weight excluding hydrogens is 484 g/mol. The first-order valence-corrected chi connectivity index (χ1v) is 11.5. The minimum Gasteiger partial charge on any atom is -0.481 e. The molecule has 182 valence electrons. The quantitative estimate of drug-likeness (QED) is 0.351. The van der Waals surface area contributed by atoms with E-state index in [-0.39, 0.29) is 31.9 Å². The summed E-state index contributed by atoms with van der Waals surface area (Å²) < 4.78 is 12.3. The Kier molecular flexibility index (Phi) is 6.35. The van der Waals surface area contributed by atoms with Crippen LogP contribution in [0.4, 0.5) is 0 Å². The molecule has 0 bridgehead atoms. The molecule has 0 fully saturated rings. The molecule has 8 nitrogen and oxygen atoms in total. The molecule has 1 aromatic heterocycles. The van der Waals surface area contributed by atoms with E-state index in [2.05, 4.69) is 0 Å². The van der Waals surface area contributed by atoms with E-state index in [0.717, 1.165) is 11.1 Å². The average molecular weight is 505 g/mol. The van der Waals surface area contributed by atoms with Crippen LogP contribution in [-0.4, -0.2) is 38.7 Å². The number of carboxylic acid groups (broad SMARTS) is 2. The molecule has 1 aliphatic heterocycles. The lowest BCUT2D eigenvalue weighted by molar-refractivity contribution is -0.136. The average Bonchev–Trinajstić information content (AvgIpc) is 3.45. The number of nitrogens with zero attached hydrogens (tertiary/aromatic N) is 2. The molecule has 4 aromatic rings. The van der Waals surface area contributed by atoms with Crippen LogP contribution in [-0.2, 0) is 24.2 Å². The molecule has 1 aliphatic rings. The number of halogens is 1. The van der Waals surface area contributed by atoms with Gasteiger partial charge in [-0.1, -0.05) is 66.2 Å². The van der Waals surface area contributed by atoms with Gasteiger partial charge >= 0.3 is 11.9 Å². The van der Waals surface area contributed by atoms with Crippen molar-refractivity contribution < 1.29 is 29.3 Å². The highest BCUT2D eigenvalue weighted by Crippen LogP contribution is 2.39. The summed E-state index contributed by atoms with van der Waals surface area (Å²) in [5.74, 6) is -0.921. The Morgan fingerprint density at radius 3 is 2.28 bits per heavy atom. The summed E-state index contributed by atoms with van der Waals surface area (Å²) >= 11 is 6.52. The maximum absolute atomic E-state index is 12.5. The Labute approximate surface area is 211 Å². The zero-order valence-electron chi connectivity index (χ0n) is 19.0. The van der Waals surface area contributed by atoms with E-state index < -0.39 is 11.9 Å². The van der Waals surface area contributed by atoms with Crippen LogP contribution in [0, 0.1) is 0 Å². The second-order valence-corrected chi connectivity index (χ2v) is 8.77. The van der Waals surface area contributed by atoms with Crippen molar-refractivity contribution in [1.82, 2.24) is 9.78 Å². The predicted molar refractivity (Wildman–Crippen MR) is 132 cm³/mol. The van der Waals surface area contributed by atoms with Gasteiger partial charge in [0.25, 0.3) is 0 Å². The minimum atomic E-state index is -1.11. The van der Waals surface area contributed by atoms with Gasteiger partial charge in [0.05, 0.1) is 18.7 Å². The molecule has 0 saturated carbocycles. The van der Waals surface area contributed by atoms with Crippen LogP contribution in [0.15, 0.2) is 66.7 Å². The number of aliphatic carboxylic acids is 1. The fraction of sp³-hybridized carbons (Fsp3) is 0.148. The molecule has 3 aromatic carbocycles. The van der Waals surface area contributed by atoms with E-state index in [1.165, 1.54) is 4.68 Å². The number of carbonyl (C=O) groups is 2. The van der Waals surface area contributed by atoms with Crippen LogP contribution >= 0.6 is 11.6 Å². The summed E-state index contributed by atoms with van der Waals surface area (Å²) in [5.41, 5.74) is 4.05. The fourth-order valence-electron chi connectivity index (χ4n) is 4.24. The highest BCUT2D eigenvalue weighted by molar-refractivity contribution is 6.31. The van der Waals surface area contributed by atoms with Crippen LogP contribution in [0.25, 0.3) is 11.3 Å². The third kappa shape index (κ3) is 4.76. The van der Waals surface area contributed by atoms with Crippen molar-refractivity contribution in [3.05, 3.63) is 99.7 Å². The van der Waals surface area contributed by atoms with Gasteiger partial charge in [0.2, 0.25) is 6.79 Å². The zero-order valence-corrected chi connectivity index (χ0v) is 19.7. The monoisotopic (exact) mass is 504 g/mol. The van der Waals surface area contributed by atoms with Crippen molar-refractivity contribution in [2.75, 3.05) is 6.79 Å². The SMILES string of the molecule is O=C(O)Cc1ccc(Cn2nc(-c3ccccc3)c(Cc3cc4c(cc3Cl)OCO4)c2C(=O)O)cc1. The topological polar surface area (TPSA) is 111 Å². The molecule has 0 amide bonds. The number of benzene rings is 3. The number of aromatic nitrogens is 2. The Hall–Kier alpha value is -4.30. The molecule has 2 heterocycles. The van der Waals surface area contributed by atoms with Gasteiger partial charge in [-0.2, -0.15) is 5.10 Å². The van der Waals surface area contributed by atoms with E-state index in [1.807, 2.05) is 30.3 Å². The first-order valence-electron chi connectivity index (χ1n) is 11.1. The molecule has 0 spiro atoms. The van der Waals surface area contributed by atoms with Crippen molar-refractivity contribution >= 4 is 23.5 Å². The Balaban J connectivity index is 1.58. The number of ether oxygens (including phenoxy) is 2. The number of hydrogen-bond donors (Lipinski definition) is 2. The van der Waals surface area contributed by atoms with Gasteiger partial charge in [-0.25, -0.2) is 4.79 Å². The van der Waals surface area contributed by atoms with Gasteiger partial charge in [-0.15, -0.1) is 0 Å². The summed E-state index contributed by atoms with van der Waals surface area (Å²) in [6.45, 7) is 0.303. The Morgan fingerprint density at radius 1 is 0.944 bits per heavy atom. The van der Waals surface area contributed by atoms with Crippen molar-refractivity contribution in [2.45, 2.75) is 19.4 Å². The molecule has 2 N–H and O–H groups in total. The Morgan fingerprint density at radius 2 is 1.61 bits per heavy atom. The largest absolute Gasteiger partial charge is 0.481 e. The zero-order chi connectivity index (χ0) is 25.2. The molecule has 0 radical (unpaired) electrons. The fourth-order valence-corrected chi connectivity index (χ4v) is 4.46. The van der Waals surface area contributed by atoms with Crippen LogP contribution in [0.3, 0.4) is 0 Å². The number of fused-ring (bicyclic) bond motifs is 1. The van der Waals surface area contributed by atoms with Gasteiger partial charge in [0.15, 0.2) is 17.2 Å². The lowest BCUT2D eigenvalue weighted by atomic mass is 9.98. The van der Waals surface area contributed by atoms with Crippen LogP contribution in [0.1, 0.15) is 32.7 Å². The van der Waals surface area contributed by atoms with E-state index in [4.69, 9.17) is 31.3 Å². The van der Waals surface area contributed by atoms with Crippen molar-refractivity contribution in [1.29, 1.82) is 0 Å². The molecular formula is C27H21ClN2O6. The van der Waals surface area contributed by atoms with Crippen LogP contribution in [0.2, 0.25) is 5.02 Å². The first-order chi connectivity index (χ1) is 17.4. The standard InChI is InChI=1S/C27H21ClN2O6/c28-21-13-23-22(35-15-36-23)12-19(21)11-20-25(18-4-2-1-3-5-18)29-30(26(20)27(33)34)14-17-8-6-16(7-9-17)10-24(31)32/h1-9,12-13H,10-11,14-15H2,(H,31,32)(H,33,34). The molecule has 0 atom stereocenters. The number of carboxylic acids is 2. The molecule has 0 aliphatic carbocycles. The van der Waals surface area contributed by atoms with E-state index in [9.17, 15) is 14.7 Å². The van der Waals surface area contributed by atoms with E-state index >= 15 is 0 Å². The van der Waals surface area contributed by atoms with Gasteiger partial charge in [0, 0.05) is 28.6 Å². The highest BCUT2D eigenvalue weighted by Gasteiger charge is 2.26. The summed E-state index contributed by atoms with van der Waals surface area (Å²) in [6, 6.07) is 19.8. The summed E-state index contributed by atoms with van der Waals surface area (Å²) in [4.78, 5) is 23.5. The lowest BCUT2D eigenvalue weighted by Gasteiger charge is -2.09. The van der Waals surface area contributed by atoms with E-state index in [0.29, 0.717) is 38.9 Å².